The third kappa shape index (κ3) is 3.66. The Morgan fingerprint density at radius 2 is 2.31 bits per heavy atom. The van der Waals surface area contributed by atoms with Crippen LogP contribution in [0.1, 0.15) is 6.99 Å². The van der Waals surface area contributed by atoms with Gasteiger partial charge in [-0.1, -0.05) is 12.1 Å². The molecule has 1 rings (SSSR count). The number of non-ortho nitro benzene ring substituents is 1. The summed E-state index contributed by atoms with van der Waals surface area (Å²) in [7, 11) is 0. The number of hydrogen-bond acceptors (Lipinski definition) is 4. The highest BCUT2D eigenvalue weighted by atomic mass is 16.6. The second kappa shape index (κ2) is 5.82. The lowest BCUT2D eigenvalue weighted by Crippen LogP contribution is -2.27. The lowest BCUT2D eigenvalue weighted by atomic mass is 10.1. The first-order chi connectivity index (χ1) is 7.63. The number of amides is 1. The van der Waals surface area contributed by atoms with Crippen LogP contribution in [0.4, 0.5) is 5.69 Å². The zero-order chi connectivity index (χ0) is 12.0. The molecule has 0 fully saturated rings. The number of nitro groups is 1. The standard InChI is InChI=1S/C10H12N2O4.H2/c13-5-4-11-10(14)7-8-2-1-3-9(6-8)12(15)16;/h1-3,6,13H,4-5,7H2,(H,11,14);1H. The second-order valence-corrected chi connectivity index (χ2v) is 3.18. The van der Waals surface area contributed by atoms with E-state index < -0.39 is 4.92 Å². The van der Waals surface area contributed by atoms with E-state index in [4.69, 9.17) is 5.11 Å². The number of aliphatic hydroxyl groups is 1. The van der Waals surface area contributed by atoms with E-state index in [1.807, 2.05) is 0 Å². The Morgan fingerprint density at radius 3 is 2.94 bits per heavy atom. The van der Waals surface area contributed by atoms with Crippen molar-refractivity contribution in [3.8, 4) is 0 Å². The fraction of sp³-hybridized carbons (Fsp3) is 0.300. The third-order valence-electron chi connectivity index (χ3n) is 1.92. The SMILES string of the molecule is O=C(Cc1cccc([N+](=O)[O-])c1)NCCO.[HH]. The summed E-state index contributed by atoms with van der Waals surface area (Å²) < 4.78 is 0. The summed E-state index contributed by atoms with van der Waals surface area (Å²) in [5.41, 5.74) is 0.539. The van der Waals surface area contributed by atoms with Crippen LogP contribution in [-0.2, 0) is 11.2 Å². The molecule has 0 saturated heterocycles. The molecule has 0 saturated carbocycles. The lowest BCUT2D eigenvalue weighted by Gasteiger charge is -2.02. The van der Waals surface area contributed by atoms with Gasteiger partial charge in [0.25, 0.3) is 5.69 Å². The highest BCUT2D eigenvalue weighted by Gasteiger charge is 2.08. The molecule has 0 aliphatic heterocycles. The van der Waals surface area contributed by atoms with Gasteiger partial charge in [-0.05, 0) is 5.56 Å². The molecule has 6 nitrogen and oxygen atoms in total. The second-order valence-electron chi connectivity index (χ2n) is 3.18. The van der Waals surface area contributed by atoms with Gasteiger partial charge in [0.15, 0.2) is 0 Å². The van der Waals surface area contributed by atoms with E-state index in [2.05, 4.69) is 5.32 Å². The van der Waals surface area contributed by atoms with Crippen molar-refractivity contribution >= 4 is 11.6 Å². The van der Waals surface area contributed by atoms with Gasteiger partial charge >= 0.3 is 0 Å². The summed E-state index contributed by atoms with van der Waals surface area (Å²) in [4.78, 5) is 21.2. The van der Waals surface area contributed by atoms with Crippen molar-refractivity contribution in [2.24, 2.45) is 0 Å². The van der Waals surface area contributed by atoms with Crippen molar-refractivity contribution in [2.45, 2.75) is 6.42 Å². The molecule has 1 amide bonds. The van der Waals surface area contributed by atoms with Crippen LogP contribution in [0.15, 0.2) is 24.3 Å². The minimum absolute atomic E-state index is 0. The van der Waals surface area contributed by atoms with E-state index in [0.29, 0.717) is 5.56 Å². The summed E-state index contributed by atoms with van der Waals surface area (Å²) in [5, 5.41) is 21.4. The van der Waals surface area contributed by atoms with Gasteiger partial charge in [-0.25, -0.2) is 0 Å². The molecule has 0 aliphatic rings. The molecule has 0 unspecified atom stereocenters. The molecule has 2 N–H and O–H groups in total. The summed E-state index contributed by atoms with van der Waals surface area (Å²) in [6, 6.07) is 5.91. The molecule has 6 heteroatoms. The predicted molar refractivity (Wildman–Crippen MR) is 59.0 cm³/mol. The molecule has 0 aromatic heterocycles. The molecule has 16 heavy (non-hydrogen) atoms. The van der Waals surface area contributed by atoms with Crippen LogP contribution in [0.5, 0.6) is 0 Å². The molecule has 0 aliphatic carbocycles. The highest BCUT2D eigenvalue weighted by Crippen LogP contribution is 2.13. The number of nitrogens with one attached hydrogen (secondary N) is 1. The minimum atomic E-state index is -0.505. The van der Waals surface area contributed by atoms with Crippen LogP contribution in [0.2, 0.25) is 0 Å². The molecule has 88 valence electrons. The number of aliphatic hydroxyl groups excluding tert-OH is 1. The molecule has 0 radical (unpaired) electrons. The number of nitrogens with zero attached hydrogens (tertiary/aromatic N) is 1. The summed E-state index contributed by atoms with van der Waals surface area (Å²) >= 11 is 0. The maximum Gasteiger partial charge on any atom is 0.269 e. The minimum Gasteiger partial charge on any atom is -0.395 e. The van der Waals surface area contributed by atoms with Crippen molar-refractivity contribution in [2.75, 3.05) is 13.2 Å². The van der Waals surface area contributed by atoms with Crippen LogP contribution in [0.25, 0.3) is 0 Å². The van der Waals surface area contributed by atoms with Crippen molar-refractivity contribution in [3.63, 3.8) is 0 Å². The number of benzene rings is 1. The Labute approximate surface area is 93.5 Å². The van der Waals surface area contributed by atoms with E-state index >= 15 is 0 Å². The van der Waals surface area contributed by atoms with Crippen LogP contribution < -0.4 is 5.32 Å². The summed E-state index contributed by atoms with van der Waals surface area (Å²) in [6.45, 7) is 0.0639. The Balaban J connectivity index is 0.00000256. The van der Waals surface area contributed by atoms with Gasteiger partial charge in [-0.15, -0.1) is 0 Å². The predicted octanol–water partition coefficient (Wildman–Crippen LogP) is 0.492. The van der Waals surface area contributed by atoms with Crippen molar-refractivity contribution in [1.29, 1.82) is 0 Å². The largest absolute Gasteiger partial charge is 0.395 e. The first kappa shape index (κ1) is 12.1. The monoisotopic (exact) mass is 226 g/mol. The van der Waals surface area contributed by atoms with Crippen LogP contribution in [-0.4, -0.2) is 29.1 Å². The molecule has 1 aromatic rings. The Kier molecular flexibility index (Phi) is 4.41. The van der Waals surface area contributed by atoms with Gasteiger partial charge in [-0.3, -0.25) is 14.9 Å². The zero-order valence-electron chi connectivity index (χ0n) is 8.55. The molecule has 0 heterocycles. The quantitative estimate of drug-likeness (QED) is 0.564. The molecule has 0 bridgehead atoms. The molecular formula is C10H14N2O4. The highest BCUT2D eigenvalue weighted by molar-refractivity contribution is 5.78. The average Bonchev–Trinajstić information content (AvgIpc) is 2.26. The normalized spacial score (nSPS) is 9.81. The van der Waals surface area contributed by atoms with Gasteiger partial charge < -0.3 is 10.4 Å². The lowest BCUT2D eigenvalue weighted by molar-refractivity contribution is -0.384. The number of hydrogen-bond donors (Lipinski definition) is 2. The van der Waals surface area contributed by atoms with Crippen molar-refractivity contribution in [3.05, 3.63) is 39.9 Å². The fourth-order valence-electron chi connectivity index (χ4n) is 1.22. The third-order valence-corrected chi connectivity index (χ3v) is 1.92. The summed E-state index contributed by atoms with van der Waals surface area (Å²) in [5.74, 6) is -0.269. The van der Waals surface area contributed by atoms with Gasteiger partial charge in [0.2, 0.25) is 5.91 Å². The van der Waals surface area contributed by atoms with Gasteiger partial charge in [-0.2, -0.15) is 0 Å². The van der Waals surface area contributed by atoms with Gasteiger partial charge in [0.1, 0.15) is 0 Å². The number of carbonyl (C=O) groups is 1. The number of carbonyl (C=O) groups excluding carboxylic acids is 1. The molecule has 1 aromatic carbocycles. The Bertz CT molecular complexity index is 398. The Morgan fingerprint density at radius 1 is 1.56 bits per heavy atom. The van der Waals surface area contributed by atoms with Crippen LogP contribution in [0.3, 0.4) is 0 Å². The van der Waals surface area contributed by atoms with E-state index in [9.17, 15) is 14.9 Å². The van der Waals surface area contributed by atoms with Gasteiger partial charge in [0.05, 0.1) is 18.0 Å². The topological polar surface area (TPSA) is 92.5 Å². The number of nitro benzene ring substituents is 1. The van der Waals surface area contributed by atoms with Crippen LogP contribution in [0, 0.1) is 10.1 Å². The molecule has 0 spiro atoms. The maximum atomic E-state index is 11.3. The summed E-state index contributed by atoms with van der Waals surface area (Å²) in [6.07, 6.45) is 0.0711. The van der Waals surface area contributed by atoms with E-state index in [0.717, 1.165) is 0 Å². The zero-order valence-corrected chi connectivity index (χ0v) is 8.55. The molecule has 0 atom stereocenters. The Hall–Kier alpha value is -1.95. The molecular weight excluding hydrogens is 212 g/mol. The van der Waals surface area contributed by atoms with E-state index in [1.54, 1.807) is 6.07 Å². The first-order valence-electron chi connectivity index (χ1n) is 4.74. The van der Waals surface area contributed by atoms with Crippen molar-refractivity contribution < 1.29 is 16.3 Å². The fourth-order valence-corrected chi connectivity index (χ4v) is 1.22. The number of rotatable bonds is 5. The maximum absolute atomic E-state index is 11.3. The van der Waals surface area contributed by atoms with E-state index in [1.165, 1.54) is 18.2 Å². The van der Waals surface area contributed by atoms with Gasteiger partial charge in [0, 0.05) is 20.1 Å². The first-order valence-corrected chi connectivity index (χ1v) is 4.74. The smallest absolute Gasteiger partial charge is 0.269 e. The van der Waals surface area contributed by atoms with E-state index in [-0.39, 0.29) is 32.6 Å². The van der Waals surface area contributed by atoms with Crippen LogP contribution >= 0.6 is 0 Å². The average molecular weight is 226 g/mol. The van der Waals surface area contributed by atoms with Crippen molar-refractivity contribution in [1.82, 2.24) is 5.32 Å².